The number of anilines is 1. The van der Waals surface area contributed by atoms with E-state index in [2.05, 4.69) is 15.9 Å². The van der Waals surface area contributed by atoms with E-state index in [0.29, 0.717) is 11.4 Å². The normalized spacial score (nSPS) is 15.3. The van der Waals surface area contributed by atoms with Gasteiger partial charge in [0.15, 0.2) is 0 Å². The molecule has 0 saturated heterocycles. The van der Waals surface area contributed by atoms with Gasteiger partial charge in [0.25, 0.3) is 11.6 Å². The molecule has 0 aliphatic carbocycles. The highest BCUT2D eigenvalue weighted by Gasteiger charge is 2.38. The molecule has 7 nitrogen and oxygen atoms in total. The molecule has 0 aromatic heterocycles. The molecule has 0 bridgehead atoms. The number of hydrogen-bond acceptors (Lipinski definition) is 5. The van der Waals surface area contributed by atoms with Crippen LogP contribution in [0.25, 0.3) is 6.08 Å². The van der Waals surface area contributed by atoms with Crippen molar-refractivity contribution in [1.29, 1.82) is 0 Å². The van der Waals surface area contributed by atoms with Gasteiger partial charge in [-0.3, -0.25) is 19.8 Å². The molecule has 0 unspecified atom stereocenters. The van der Waals surface area contributed by atoms with Crippen molar-refractivity contribution in [2.24, 2.45) is 0 Å². The second-order valence-electron chi connectivity index (χ2n) is 5.94. The van der Waals surface area contributed by atoms with Gasteiger partial charge in [0.05, 0.1) is 28.7 Å². The summed E-state index contributed by atoms with van der Waals surface area (Å²) in [5.74, 6) is -1.14. The van der Waals surface area contributed by atoms with Crippen LogP contribution in [0, 0.1) is 10.1 Å². The zero-order valence-corrected chi connectivity index (χ0v) is 16.6. The number of halogens is 1. The van der Waals surface area contributed by atoms with Crippen LogP contribution in [-0.4, -0.2) is 23.9 Å². The maximum Gasteiger partial charge on any atom is 0.340 e. The minimum Gasteiger partial charge on any atom is -0.465 e. The average molecular weight is 443 g/mol. The van der Waals surface area contributed by atoms with Crippen molar-refractivity contribution >= 4 is 45.3 Å². The van der Waals surface area contributed by atoms with Crippen LogP contribution in [-0.2, 0) is 14.3 Å². The number of rotatable bonds is 4. The van der Waals surface area contributed by atoms with Crippen LogP contribution in [0.5, 0.6) is 0 Å². The van der Waals surface area contributed by atoms with Crippen molar-refractivity contribution in [1.82, 2.24) is 0 Å². The Morgan fingerprint density at radius 1 is 1.18 bits per heavy atom. The van der Waals surface area contributed by atoms with Crippen molar-refractivity contribution in [2.45, 2.75) is 6.92 Å². The SMILES string of the molecule is COC(=O)C1=C(C)N(c2ccc(Br)cc2)C(=O)/C1=C\c1ccccc1[N+](=O)[O-]. The van der Waals surface area contributed by atoms with Crippen molar-refractivity contribution < 1.29 is 19.2 Å². The van der Waals surface area contributed by atoms with Crippen molar-refractivity contribution in [2.75, 3.05) is 12.0 Å². The second kappa shape index (κ2) is 7.77. The maximum atomic E-state index is 13.1. The summed E-state index contributed by atoms with van der Waals surface area (Å²) >= 11 is 3.34. The molecular weight excluding hydrogens is 428 g/mol. The maximum absolute atomic E-state index is 13.1. The highest BCUT2D eigenvalue weighted by molar-refractivity contribution is 9.10. The fraction of sp³-hybridized carbons (Fsp3) is 0.100. The monoisotopic (exact) mass is 442 g/mol. The quantitative estimate of drug-likeness (QED) is 0.305. The number of nitro groups is 1. The lowest BCUT2D eigenvalue weighted by Crippen LogP contribution is -2.24. The number of methoxy groups -OCH3 is 1. The first-order chi connectivity index (χ1) is 13.3. The van der Waals surface area contributed by atoms with E-state index in [1.807, 2.05) is 0 Å². The first-order valence-electron chi connectivity index (χ1n) is 8.20. The molecule has 1 heterocycles. The molecule has 142 valence electrons. The van der Waals surface area contributed by atoms with Gasteiger partial charge in [-0.25, -0.2) is 4.79 Å². The molecule has 1 amide bonds. The number of benzene rings is 2. The Hall–Kier alpha value is -3.26. The van der Waals surface area contributed by atoms with Gasteiger partial charge < -0.3 is 4.74 Å². The Kier molecular flexibility index (Phi) is 5.41. The molecule has 0 spiro atoms. The summed E-state index contributed by atoms with van der Waals surface area (Å²) in [6.07, 6.45) is 1.36. The Bertz CT molecular complexity index is 1040. The van der Waals surface area contributed by atoms with Gasteiger partial charge in [0, 0.05) is 21.9 Å². The summed E-state index contributed by atoms with van der Waals surface area (Å²) in [7, 11) is 1.22. The third kappa shape index (κ3) is 3.46. The smallest absolute Gasteiger partial charge is 0.340 e. The molecule has 2 aromatic rings. The third-order valence-corrected chi connectivity index (χ3v) is 4.84. The summed E-state index contributed by atoms with van der Waals surface area (Å²) in [6.45, 7) is 1.63. The summed E-state index contributed by atoms with van der Waals surface area (Å²) in [5.41, 5.74) is 1.15. The molecular formula is C20H15BrN2O5. The third-order valence-electron chi connectivity index (χ3n) is 4.31. The number of para-hydroxylation sites is 1. The Labute approximate surface area is 169 Å². The number of amides is 1. The molecule has 28 heavy (non-hydrogen) atoms. The molecule has 0 atom stereocenters. The summed E-state index contributed by atoms with van der Waals surface area (Å²) < 4.78 is 5.69. The van der Waals surface area contributed by atoms with Crippen molar-refractivity contribution in [3.8, 4) is 0 Å². The number of esters is 1. The van der Waals surface area contributed by atoms with E-state index in [-0.39, 0.29) is 22.4 Å². The van der Waals surface area contributed by atoms with E-state index >= 15 is 0 Å². The van der Waals surface area contributed by atoms with Crippen LogP contribution in [0.3, 0.4) is 0 Å². The van der Waals surface area contributed by atoms with Gasteiger partial charge in [-0.05, 0) is 43.3 Å². The van der Waals surface area contributed by atoms with Gasteiger partial charge >= 0.3 is 5.97 Å². The highest BCUT2D eigenvalue weighted by atomic mass is 79.9. The zero-order chi connectivity index (χ0) is 20.4. The first-order valence-corrected chi connectivity index (χ1v) is 8.99. The Balaban J connectivity index is 2.18. The molecule has 8 heteroatoms. The average Bonchev–Trinajstić information content (AvgIpc) is 2.92. The number of carbonyl (C=O) groups is 2. The highest BCUT2D eigenvalue weighted by Crippen LogP contribution is 2.36. The summed E-state index contributed by atoms with van der Waals surface area (Å²) in [5, 5.41) is 11.3. The van der Waals surface area contributed by atoms with E-state index < -0.39 is 16.8 Å². The largest absolute Gasteiger partial charge is 0.465 e. The minimum absolute atomic E-state index is 0.0431. The fourth-order valence-corrected chi connectivity index (χ4v) is 3.28. The lowest BCUT2D eigenvalue weighted by Gasteiger charge is -2.18. The zero-order valence-electron chi connectivity index (χ0n) is 15.0. The van der Waals surface area contributed by atoms with Gasteiger partial charge in [0.1, 0.15) is 0 Å². The number of nitro benzene ring substituents is 1. The van der Waals surface area contributed by atoms with Crippen LogP contribution < -0.4 is 4.90 Å². The molecule has 3 rings (SSSR count). The number of hydrogen-bond donors (Lipinski definition) is 0. The predicted molar refractivity (Wildman–Crippen MR) is 107 cm³/mol. The van der Waals surface area contributed by atoms with Crippen LogP contribution in [0.4, 0.5) is 11.4 Å². The van der Waals surface area contributed by atoms with Gasteiger partial charge in [-0.1, -0.05) is 28.1 Å². The Morgan fingerprint density at radius 3 is 2.43 bits per heavy atom. The topological polar surface area (TPSA) is 89.8 Å². The fourth-order valence-electron chi connectivity index (χ4n) is 3.01. The second-order valence-corrected chi connectivity index (χ2v) is 6.86. The van der Waals surface area contributed by atoms with E-state index in [0.717, 1.165) is 4.47 Å². The van der Waals surface area contributed by atoms with Gasteiger partial charge in [0.2, 0.25) is 0 Å². The van der Waals surface area contributed by atoms with Crippen LogP contribution >= 0.6 is 15.9 Å². The molecule has 1 aliphatic rings. The van der Waals surface area contributed by atoms with Crippen LogP contribution in [0.2, 0.25) is 0 Å². The van der Waals surface area contributed by atoms with E-state index in [4.69, 9.17) is 4.74 Å². The molecule has 1 aliphatic heterocycles. The van der Waals surface area contributed by atoms with E-state index in [1.165, 1.54) is 36.3 Å². The van der Waals surface area contributed by atoms with Crippen molar-refractivity contribution in [3.05, 3.63) is 85.5 Å². The van der Waals surface area contributed by atoms with Crippen LogP contribution in [0.15, 0.2) is 69.8 Å². The number of ether oxygens (including phenoxy) is 1. The molecule has 0 N–H and O–H groups in total. The van der Waals surface area contributed by atoms with E-state index in [1.54, 1.807) is 37.3 Å². The van der Waals surface area contributed by atoms with Gasteiger partial charge in [-0.15, -0.1) is 0 Å². The standard InChI is InChI=1S/C20H15BrN2O5/c1-12-18(20(25)28-2)16(11-13-5-3-4-6-17(13)23(26)27)19(24)22(12)15-9-7-14(21)8-10-15/h3-11H,1-2H3/b16-11-. The predicted octanol–water partition coefficient (Wildman–Crippen LogP) is 4.23. The summed E-state index contributed by atoms with van der Waals surface area (Å²) in [4.78, 5) is 37.7. The lowest BCUT2D eigenvalue weighted by atomic mass is 10.0. The van der Waals surface area contributed by atoms with Crippen LogP contribution in [0.1, 0.15) is 12.5 Å². The Morgan fingerprint density at radius 2 is 1.82 bits per heavy atom. The van der Waals surface area contributed by atoms with E-state index in [9.17, 15) is 19.7 Å². The summed E-state index contributed by atoms with van der Waals surface area (Å²) in [6, 6.07) is 13.0. The number of nitrogens with zero attached hydrogens (tertiary/aromatic N) is 2. The number of allylic oxidation sites excluding steroid dienone is 1. The number of carbonyl (C=O) groups excluding carboxylic acids is 2. The van der Waals surface area contributed by atoms with Gasteiger partial charge in [-0.2, -0.15) is 0 Å². The molecule has 0 fully saturated rings. The first kappa shape index (κ1) is 19.5. The lowest BCUT2D eigenvalue weighted by molar-refractivity contribution is -0.385. The molecule has 2 aromatic carbocycles. The van der Waals surface area contributed by atoms with Crippen molar-refractivity contribution in [3.63, 3.8) is 0 Å². The molecule has 0 saturated carbocycles. The molecule has 0 radical (unpaired) electrons. The minimum atomic E-state index is -0.685.